The van der Waals surface area contributed by atoms with Gasteiger partial charge in [0.2, 0.25) is 0 Å². The van der Waals surface area contributed by atoms with E-state index in [9.17, 15) is 4.79 Å². The molecule has 1 aliphatic heterocycles. The van der Waals surface area contributed by atoms with Crippen LogP contribution in [0.15, 0.2) is 48.7 Å². The molecule has 1 amide bonds. The highest BCUT2D eigenvalue weighted by molar-refractivity contribution is 6.05. The largest absolute Gasteiger partial charge is 0.350 e. The highest BCUT2D eigenvalue weighted by Crippen LogP contribution is 2.32. The van der Waals surface area contributed by atoms with Gasteiger partial charge in [0.05, 0.1) is 11.6 Å². The Kier molecular flexibility index (Phi) is 4.19. The zero-order valence-electron chi connectivity index (χ0n) is 14.6. The molecule has 5 heteroatoms. The highest BCUT2D eigenvalue weighted by Gasteiger charge is 2.21. The molecule has 0 unspecified atom stereocenters. The number of aromatic nitrogens is 1. The van der Waals surface area contributed by atoms with E-state index in [0.717, 1.165) is 30.7 Å². The zero-order valence-corrected chi connectivity index (χ0v) is 14.6. The summed E-state index contributed by atoms with van der Waals surface area (Å²) < 4.78 is 2.14. The van der Waals surface area contributed by atoms with Crippen LogP contribution in [0, 0.1) is 11.3 Å². The Balaban J connectivity index is 1.65. The summed E-state index contributed by atoms with van der Waals surface area (Å²) in [6.07, 6.45) is 3.33. The van der Waals surface area contributed by atoms with Crippen LogP contribution in [0.1, 0.15) is 33.8 Å². The number of hydrogen-bond acceptors (Lipinski definition) is 3. The third-order valence-corrected chi connectivity index (χ3v) is 5.03. The lowest BCUT2D eigenvalue weighted by Crippen LogP contribution is -2.12. The molecule has 0 saturated carbocycles. The summed E-state index contributed by atoms with van der Waals surface area (Å²) in [4.78, 5) is 12.5. The lowest BCUT2D eigenvalue weighted by Gasteiger charge is -2.09. The standard InChI is InChI=1S/C21H20N4O/c1-25-13-19(16-7-8-23-12-16)18-10-17(5-6-20(18)25)24-21(26)15-4-2-3-14(9-15)11-22/h2-6,9-10,13,16,23H,7-8,12H2,1H3,(H,24,26)/t16-/m1/s1. The average molecular weight is 344 g/mol. The van der Waals surface area contributed by atoms with Crippen molar-refractivity contribution in [3.63, 3.8) is 0 Å². The van der Waals surface area contributed by atoms with Crippen LogP contribution in [0.4, 0.5) is 5.69 Å². The molecule has 0 aliphatic carbocycles. The first-order chi connectivity index (χ1) is 12.7. The first-order valence-electron chi connectivity index (χ1n) is 8.77. The second-order valence-corrected chi connectivity index (χ2v) is 6.76. The van der Waals surface area contributed by atoms with Gasteiger partial charge in [-0.15, -0.1) is 0 Å². The number of carbonyl (C=O) groups is 1. The maximum absolute atomic E-state index is 12.5. The molecule has 0 bridgehead atoms. The third kappa shape index (κ3) is 2.96. The minimum Gasteiger partial charge on any atom is -0.350 e. The Labute approximate surface area is 152 Å². The van der Waals surface area contributed by atoms with Gasteiger partial charge in [0.1, 0.15) is 0 Å². The summed E-state index contributed by atoms with van der Waals surface area (Å²) in [5.41, 5.74) is 4.22. The SMILES string of the molecule is Cn1cc([C@@H]2CCNC2)c2cc(NC(=O)c3cccc(C#N)c3)ccc21. The first-order valence-corrected chi connectivity index (χ1v) is 8.77. The molecule has 1 saturated heterocycles. The van der Waals surface area contributed by atoms with Crippen LogP contribution < -0.4 is 10.6 Å². The molecule has 2 aromatic carbocycles. The van der Waals surface area contributed by atoms with Crippen molar-refractivity contribution in [3.05, 3.63) is 65.4 Å². The lowest BCUT2D eigenvalue weighted by molar-refractivity contribution is 0.102. The van der Waals surface area contributed by atoms with Crippen molar-refractivity contribution in [1.82, 2.24) is 9.88 Å². The number of nitrogens with zero attached hydrogens (tertiary/aromatic N) is 2. The van der Waals surface area contributed by atoms with Gasteiger partial charge in [-0.3, -0.25) is 4.79 Å². The summed E-state index contributed by atoms with van der Waals surface area (Å²) >= 11 is 0. The van der Waals surface area contributed by atoms with E-state index in [1.54, 1.807) is 24.3 Å². The fourth-order valence-electron chi connectivity index (χ4n) is 3.68. The topological polar surface area (TPSA) is 69.8 Å². The number of hydrogen-bond donors (Lipinski definition) is 2. The summed E-state index contributed by atoms with van der Waals surface area (Å²) in [5.74, 6) is 0.304. The number of anilines is 1. The van der Waals surface area contributed by atoms with Crippen molar-refractivity contribution in [2.24, 2.45) is 7.05 Å². The van der Waals surface area contributed by atoms with Crippen molar-refractivity contribution < 1.29 is 4.79 Å². The van der Waals surface area contributed by atoms with Crippen LogP contribution in [-0.4, -0.2) is 23.6 Å². The van der Waals surface area contributed by atoms with Crippen molar-refractivity contribution in [3.8, 4) is 6.07 Å². The van der Waals surface area contributed by atoms with E-state index in [1.807, 2.05) is 12.1 Å². The zero-order chi connectivity index (χ0) is 18.1. The Morgan fingerprint density at radius 3 is 2.96 bits per heavy atom. The fraction of sp³-hybridized carbons (Fsp3) is 0.238. The van der Waals surface area contributed by atoms with E-state index >= 15 is 0 Å². The van der Waals surface area contributed by atoms with Gasteiger partial charge in [-0.25, -0.2) is 0 Å². The molecule has 0 spiro atoms. The maximum atomic E-state index is 12.5. The van der Waals surface area contributed by atoms with Crippen LogP contribution in [0.3, 0.4) is 0 Å². The predicted molar refractivity (Wildman–Crippen MR) is 102 cm³/mol. The number of amides is 1. The van der Waals surface area contributed by atoms with Gasteiger partial charge < -0.3 is 15.2 Å². The summed E-state index contributed by atoms with van der Waals surface area (Å²) in [7, 11) is 2.06. The van der Waals surface area contributed by atoms with E-state index < -0.39 is 0 Å². The minimum absolute atomic E-state index is 0.207. The number of benzene rings is 2. The first kappa shape index (κ1) is 16.4. The van der Waals surface area contributed by atoms with Gasteiger partial charge in [-0.1, -0.05) is 6.07 Å². The molecule has 1 atom stereocenters. The molecule has 1 aromatic heterocycles. The smallest absolute Gasteiger partial charge is 0.255 e. The Hall–Kier alpha value is -3.10. The molecule has 1 fully saturated rings. The Morgan fingerprint density at radius 1 is 1.31 bits per heavy atom. The van der Waals surface area contributed by atoms with Crippen molar-refractivity contribution >= 4 is 22.5 Å². The van der Waals surface area contributed by atoms with E-state index in [0.29, 0.717) is 17.0 Å². The van der Waals surface area contributed by atoms with Crippen molar-refractivity contribution in [2.45, 2.75) is 12.3 Å². The molecule has 26 heavy (non-hydrogen) atoms. The van der Waals surface area contributed by atoms with Gasteiger partial charge in [0.25, 0.3) is 5.91 Å². The number of fused-ring (bicyclic) bond motifs is 1. The molecular formula is C21H20N4O. The summed E-state index contributed by atoms with van der Waals surface area (Å²) in [6.45, 7) is 2.05. The Bertz CT molecular complexity index is 1020. The minimum atomic E-state index is -0.207. The van der Waals surface area contributed by atoms with Crippen LogP contribution >= 0.6 is 0 Å². The van der Waals surface area contributed by atoms with E-state index in [-0.39, 0.29) is 5.91 Å². The van der Waals surface area contributed by atoms with Crippen molar-refractivity contribution in [2.75, 3.05) is 18.4 Å². The van der Waals surface area contributed by atoms with Gasteiger partial charge in [-0.2, -0.15) is 5.26 Å². The molecule has 3 aromatic rings. The van der Waals surface area contributed by atoms with Gasteiger partial charge in [0, 0.05) is 41.9 Å². The average Bonchev–Trinajstić information content (AvgIpc) is 3.30. The second kappa shape index (κ2) is 6.66. The van der Waals surface area contributed by atoms with Gasteiger partial charge >= 0.3 is 0 Å². The van der Waals surface area contributed by atoms with Crippen LogP contribution in [0.25, 0.3) is 10.9 Å². The molecule has 2 heterocycles. The van der Waals surface area contributed by atoms with E-state index in [1.165, 1.54) is 10.9 Å². The normalized spacial score (nSPS) is 16.5. The maximum Gasteiger partial charge on any atom is 0.255 e. The number of nitrogens with one attached hydrogen (secondary N) is 2. The second-order valence-electron chi connectivity index (χ2n) is 6.76. The third-order valence-electron chi connectivity index (χ3n) is 5.03. The molecular weight excluding hydrogens is 324 g/mol. The monoisotopic (exact) mass is 344 g/mol. The molecule has 0 radical (unpaired) electrons. The summed E-state index contributed by atoms with van der Waals surface area (Å²) in [6, 6.07) is 14.8. The number of rotatable bonds is 3. The molecule has 1 aliphatic rings. The number of carbonyl (C=O) groups excluding carboxylic acids is 1. The molecule has 2 N–H and O–H groups in total. The van der Waals surface area contributed by atoms with Gasteiger partial charge in [0.15, 0.2) is 0 Å². The molecule has 4 rings (SSSR count). The van der Waals surface area contributed by atoms with Crippen LogP contribution in [0.2, 0.25) is 0 Å². The number of aryl methyl sites for hydroxylation is 1. The predicted octanol–water partition coefficient (Wildman–Crippen LogP) is 3.38. The lowest BCUT2D eigenvalue weighted by atomic mass is 9.97. The molecule has 5 nitrogen and oxygen atoms in total. The number of nitriles is 1. The highest BCUT2D eigenvalue weighted by atomic mass is 16.1. The Morgan fingerprint density at radius 2 is 2.19 bits per heavy atom. The van der Waals surface area contributed by atoms with Gasteiger partial charge in [-0.05, 0) is 60.8 Å². The van der Waals surface area contributed by atoms with E-state index in [2.05, 4.69) is 40.6 Å². The molecule has 130 valence electrons. The van der Waals surface area contributed by atoms with Crippen LogP contribution in [0.5, 0.6) is 0 Å². The quantitative estimate of drug-likeness (QED) is 0.765. The summed E-state index contributed by atoms with van der Waals surface area (Å²) in [5, 5.41) is 16.6. The van der Waals surface area contributed by atoms with E-state index in [4.69, 9.17) is 5.26 Å². The fourth-order valence-corrected chi connectivity index (χ4v) is 3.68. The van der Waals surface area contributed by atoms with Crippen molar-refractivity contribution in [1.29, 1.82) is 5.26 Å². The van der Waals surface area contributed by atoms with Crippen LogP contribution in [-0.2, 0) is 7.05 Å².